The van der Waals surface area contributed by atoms with Crippen LogP contribution < -0.4 is 37.3 Å². The second-order valence-electron chi connectivity index (χ2n) is 11.6. The summed E-state index contributed by atoms with van der Waals surface area (Å²) in [5, 5.41) is 23.5. The molecule has 5 heterocycles. The maximum Gasteiger partial charge on any atom is 0.245 e. The van der Waals surface area contributed by atoms with Crippen LogP contribution in [0.1, 0.15) is 32.6 Å². The van der Waals surface area contributed by atoms with E-state index in [1.165, 1.54) is 11.6 Å². The quantitative estimate of drug-likeness (QED) is 0.173. The Hall–Kier alpha value is -2.32. The zero-order valence-corrected chi connectivity index (χ0v) is 23.2. The van der Waals surface area contributed by atoms with Gasteiger partial charge in [-0.15, -0.1) is 0 Å². The normalized spacial score (nSPS) is 39.9. The third kappa shape index (κ3) is 5.85. The van der Waals surface area contributed by atoms with Gasteiger partial charge in [-0.3, -0.25) is 41.7 Å². The lowest BCUT2D eigenvalue weighted by Crippen LogP contribution is -2.78. The summed E-state index contributed by atoms with van der Waals surface area (Å²) in [5.41, 5.74) is 4.49. The Morgan fingerprint density at radius 2 is 2.10 bits per heavy atom. The highest BCUT2D eigenvalue weighted by molar-refractivity contribution is 5.87. The van der Waals surface area contributed by atoms with Crippen molar-refractivity contribution in [2.45, 2.75) is 81.5 Å². The maximum atomic E-state index is 15.8. The van der Waals surface area contributed by atoms with E-state index in [4.69, 9.17) is 4.74 Å². The summed E-state index contributed by atoms with van der Waals surface area (Å²) in [4.78, 5) is 14.0. The van der Waals surface area contributed by atoms with E-state index in [9.17, 15) is 4.79 Å². The molecule has 11 nitrogen and oxygen atoms in total. The molecule has 40 heavy (non-hydrogen) atoms. The molecule has 9 unspecified atom stereocenters. The first-order chi connectivity index (χ1) is 19.5. The summed E-state index contributed by atoms with van der Waals surface area (Å²) in [6, 6.07) is 0.0575. The van der Waals surface area contributed by atoms with E-state index in [1.54, 1.807) is 0 Å². The largest absolute Gasteiger partial charge is 0.490 e. The maximum absolute atomic E-state index is 15.8. The van der Waals surface area contributed by atoms with Gasteiger partial charge in [-0.05, 0) is 49.5 Å². The smallest absolute Gasteiger partial charge is 0.245 e. The van der Waals surface area contributed by atoms with Crippen LogP contribution in [0.2, 0.25) is 0 Å². The van der Waals surface area contributed by atoms with Gasteiger partial charge in [-0.2, -0.15) is 0 Å². The number of nitrogens with one attached hydrogen (secondary N) is 7. The van der Waals surface area contributed by atoms with E-state index < -0.39 is 6.17 Å². The van der Waals surface area contributed by atoms with Gasteiger partial charge < -0.3 is 9.64 Å². The van der Waals surface area contributed by atoms with E-state index in [-0.39, 0.29) is 54.6 Å². The average Bonchev–Trinajstić information content (AvgIpc) is 3.31. The van der Waals surface area contributed by atoms with Crippen LogP contribution in [-0.2, 0) is 9.53 Å². The van der Waals surface area contributed by atoms with Gasteiger partial charge in [-0.25, -0.2) is 9.82 Å². The van der Waals surface area contributed by atoms with Crippen molar-refractivity contribution >= 4 is 5.91 Å². The molecule has 220 valence electrons. The lowest BCUT2D eigenvalue weighted by molar-refractivity contribution is -0.125. The highest BCUT2D eigenvalue weighted by Crippen LogP contribution is 2.32. The Kier molecular flexibility index (Phi) is 8.54. The summed E-state index contributed by atoms with van der Waals surface area (Å²) in [6.07, 6.45) is 11.6. The van der Waals surface area contributed by atoms with Crippen molar-refractivity contribution in [3.63, 3.8) is 0 Å². The Morgan fingerprint density at radius 3 is 2.98 bits per heavy atom. The minimum Gasteiger partial charge on any atom is -0.490 e. The molecule has 6 aliphatic rings. The van der Waals surface area contributed by atoms with Gasteiger partial charge in [0.25, 0.3) is 0 Å². The first-order valence-electron chi connectivity index (χ1n) is 14.8. The average molecular weight is 558 g/mol. The Bertz CT molecular complexity index is 1040. The van der Waals surface area contributed by atoms with Crippen molar-refractivity contribution in [3.05, 3.63) is 48.4 Å². The molecule has 3 saturated heterocycles. The number of amides is 1. The van der Waals surface area contributed by atoms with E-state index in [0.29, 0.717) is 32.8 Å². The molecule has 1 amide bonds. The van der Waals surface area contributed by atoms with Crippen LogP contribution in [0.25, 0.3) is 0 Å². The fourth-order valence-electron chi connectivity index (χ4n) is 6.84. The molecule has 0 aromatic carbocycles. The third-order valence-corrected chi connectivity index (χ3v) is 9.22. The molecule has 12 heteroatoms. The van der Waals surface area contributed by atoms with Crippen molar-refractivity contribution in [3.8, 4) is 0 Å². The van der Waals surface area contributed by atoms with Gasteiger partial charge in [0, 0.05) is 50.5 Å². The highest BCUT2D eigenvalue weighted by Gasteiger charge is 2.44. The van der Waals surface area contributed by atoms with Crippen LogP contribution in [0.15, 0.2) is 48.4 Å². The standard InChI is InChI=1S/C28H44FN9O2/c1-3-24(39)37-10-4-5-18(8-11-37)27-30-14-21-26(36-27)28(33-15-31-21)35-20-6-7-22(17(2)25(20)29)40-19-9-12-38-23(13-19)32-16-34-38/h3,5,9,12-13,17,20-23,25-28,30-36H,1,4,6-8,10-11,14-16H2,2H3. The van der Waals surface area contributed by atoms with E-state index in [1.807, 2.05) is 35.2 Å². The van der Waals surface area contributed by atoms with Crippen molar-refractivity contribution in [2.24, 2.45) is 5.92 Å². The van der Waals surface area contributed by atoms with Crippen LogP contribution in [0, 0.1) is 5.92 Å². The number of fused-ring (bicyclic) bond motifs is 2. The number of carbonyl (C=O) groups excluding carboxylic acids is 1. The molecule has 1 aliphatic carbocycles. The number of nitrogens with zero attached hydrogens (tertiary/aromatic N) is 2. The second-order valence-corrected chi connectivity index (χ2v) is 11.6. The number of halogens is 1. The Morgan fingerprint density at radius 1 is 1.20 bits per heavy atom. The van der Waals surface area contributed by atoms with Crippen molar-refractivity contribution in [2.75, 3.05) is 33.0 Å². The van der Waals surface area contributed by atoms with E-state index in [2.05, 4.69) is 50.0 Å². The van der Waals surface area contributed by atoms with Crippen LogP contribution in [0.4, 0.5) is 4.39 Å². The van der Waals surface area contributed by atoms with E-state index in [0.717, 1.165) is 31.6 Å². The zero-order valence-electron chi connectivity index (χ0n) is 23.2. The van der Waals surface area contributed by atoms with Gasteiger partial charge in [0.05, 0.1) is 25.0 Å². The topological polar surface area (TPSA) is 117 Å². The van der Waals surface area contributed by atoms with E-state index >= 15 is 4.39 Å². The monoisotopic (exact) mass is 557 g/mol. The number of allylic oxidation sites excluding steroid dienone is 1. The number of hydrogen-bond donors (Lipinski definition) is 7. The third-order valence-electron chi connectivity index (χ3n) is 9.22. The zero-order chi connectivity index (χ0) is 27.6. The van der Waals surface area contributed by atoms with Gasteiger partial charge in [0.15, 0.2) is 0 Å². The SMILES string of the molecule is C=CC(=O)N1CCC=C(C2NCC3NCNC(NC4CCC(OC5=CC6NCNN6C=C5)C(C)C4F)C3N2)CC1. The van der Waals surface area contributed by atoms with Crippen LogP contribution in [0.5, 0.6) is 0 Å². The second kappa shape index (κ2) is 12.3. The Labute approximate surface area is 236 Å². The molecule has 9 atom stereocenters. The molecule has 1 saturated carbocycles. The lowest BCUT2D eigenvalue weighted by Gasteiger charge is -2.49. The Balaban J connectivity index is 1.05. The minimum absolute atomic E-state index is 0.0129. The number of ether oxygens (including phenoxy) is 1. The molecule has 7 N–H and O–H groups in total. The van der Waals surface area contributed by atoms with Crippen LogP contribution in [0.3, 0.4) is 0 Å². The summed E-state index contributed by atoms with van der Waals surface area (Å²) >= 11 is 0. The molecule has 0 radical (unpaired) electrons. The van der Waals surface area contributed by atoms with Crippen LogP contribution >= 0.6 is 0 Å². The predicted octanol–water partition coefficient (Wildman–Crippen LogP) is -0.330. The highest BCUT2D eigenvalue weighted by atomic mass is 19.1. The number of carbonyl (C=O) groups is 1. The molecule has 0 spiro atoms. The fourth-order valence-corrected chi connectivity index (χ4v) is 6.84. The molecule has 4 fully saturated rings. The number of rotatable bonds is 6. The minimum atomic E-state index is -1.01. The van der Waals surface area contributed by atoms with Gasteiger partial charge >= 0.3 is 0 Å². The molecular formula is C28H44FN9O2. The lowest BCUT2D eigenvalue weighted by atomic mass is 9.82. The van der Waals surface area contributed by atoms with Crippen molar-refractivity contribution in [1.29, 1.82) is 0 Å². The molecule has 0 aromatic heterocycles. The predicted molar refractivity (Wildman–Crippen MR) is 151 cm³/mol. The number of alkyl halides is 1. The number of hydrogen-bond acceptors (Lipinski definition) is 10. The van der Waals surface area contributed by atoms with Crippen LogP contribution in [-0.4, -0.2) is 97.7 Å². The molecular weight excluding hydrogens is 513 g/mol. The number of hydrazine groups is 1. The molecule has 0 aromatic rings. The fraction of sp³-hybridized carbons (Fsp3) is 0.679. The van der Waals surface area contributed by atoms with Crippen molar-refractivity contribution < 1.29 is 13.9 Å². The van der Waals surface area contributed by atoms with Crippen molar-refractivity contribution in [1.82, 2.24) is 47.2 Å². The van der Waals surface area contributed by atoms with Gasteiger partial charge in [0.1, 0.15) is 24.2 Å². The molecule has 6 rings (SSSR count). The summed E-state index contributed by atoms with van der Waals surface area (Å²) in [7, 11) is 0. The van der Waals surface area contributed by atoms with Gasteiger partial charge in [0.2, 0.25) is 5.91 Å². The summed E-state index contributed by atoms with van der Waals surface area (Å²) in [6.45, 7) is 9.19. The summed E-state index contributed by atoms with van der Waals surface area (Å²) in [5.74, 6) is 0.559. The molecule has 5 aliphatic heterocycles. The first kappa shape index (κ1) is 27.8. The van der Waals surface area contributed by atoms with Gasteiger partial charge in [-0.1, -0.05) is 19.6 Å². The first-order valence-corrected chi connectivity index (χ1v) is 14.8. The summed E-state index contributed by atoms with van der Waals surface area (Å²) < 4.78 is 22.1. The molecule has 0 bridgehead atoms.